The highest BCUT2D eigenvalue weighted by molar-refractivity contribution is 9.11. The largest absolute Gasteiger partial charge is 0.320 e. The van der Waals surface area contributed by atoms with Crippen LogP contribution in [0.4, 0.5) is 5.69 Å². The maximum absolute atomic E-state index is 12.2. The van der Waals surface area contributed by atoms with Gasteiger partial charge in [-0.15, -0.1) is 11.8 Å². The van der Waals surface area contributed by atoms with Crippen molar-refractivity contribution in [3.05, 3.63) is 56.5 Å². The number of amides is 1. The quantitative estimate of drug-likeness (QED) is 0.483. The van der Waals surface area contributed by atoms with Gasteiger partial charge in [0.1, 0.15) is 0 Å². The molecule has 0 fully saturated rings. The van der Waals surface area contributed by atoms with Crippen LogP contribution in [0.2, 0.25) is 0 Å². The Morgan fingerprint density at radius 2 is 1.91 bits per heavy atom. The Balaban J connectivity index is 2.00. The van der Waals surface area contributed by atoms with Crippen LogP contribution in [-0.2, 0) is 4.79 Å². The summed E-state index contributed by atoms with van der Waals surface area (Å²) in [7, 11) is 0. The molecule has 3 rings (SSSR count). The molecule has 1 amide bonds. The smallest absolute Gasteiger partial charge is 0.256 e. The van der Waals surface area contributed by atoms with Gasteiger partial charge in [-0.05, 0) is 57.6 Å². The summed E-state index contributed by atoms with van der Waals surface area (Å²) in [4.78, 5) is 13.5. The van der Waals surface area contributed by atoms with E-state index in [2.05, 4.69) is 56.2 Å². The van der Waals surface area contributed by atoms with Crippen molar-refractivity contribution >= 4 is 66.9 Å². The van der Waals surface area contributed by atoms with Crippen LogP contribution in [0.3, 0.4) is 0 Å². The van der Waals surface area contributed by atoms with Crippen molar-refractivity contribution in [2.45, 2.75) is 11.8 Å². The zero-order chi connectivity index (χ0) is 15.7. The van der Waals surface area contributed by atoms with Crippen molar-refractivity contribution in [3.63, 3.8) is 0 Å². The van der Waals surface area contributed by atoms with Gasteiger partial charge in [0.05, 0.1) is 5.69 Å². The Bertz CT molecular complexity index is 769. The summed E-state index contributed by atoms with van der Waals surface area (Å²) in [6, 6.07) is 12.2. The van der Waals surface area contributed by atoms with Gasteiger partial charge in [0.2, 0.25) is 0 Å². The number of fused-ring (bicyclic) bond motifs is 1. The van der Waals surface area contributed by atoms with Gasteiger partial charge in [0.25, 0.3) is 5.91 Å². The zero-order valence-corrected chi connectivity index (χ0v) is 15.8. The summed E-state index contributed by atoms with van der Waals surface area (Å²) >= 11 is 8.77. The van der Waals surface area contributed by atoms with Gasteiger partial charge in [-0.25, -0.2) is 0 Å². The van der Waals surface area contributed by atoms with Gasteiger partial charge < -0.3 is 5.32 Å². The number of benzene rings is 2. The molecule has 0 bridgehead atoms. The predicted molar refractivity (Wildman–Crippen MR) is 101 cm³/mol. The van der Waals surface area contributed by atoms with E-state index in [9.17, 15) is 4.79 Å². The van der Waals surface area contributed by atoms with Gasteiger partial charge in [0.15, 0.2) is 0 Å². The molecule has 22 heavy (non-hydrogen) atoms. The molecule has 0 atom stereocenters. The lowest BCUT2D eigenvalue weighted by atomic mass is 10.0. The fraction of sp³-hybridized carbons (Fsp3) is 0.118. The van der Waals surface area contributed by atoms with Gasteiger partial charge in [-0.3, -0.25) is 4.79 Å². The lowest BCUT2D eigenvalue weighted by molar-refractivity contribution is -0.110. The third kappa shape index (κ3) is 3.16. The lowest BCUT2D eigenvalue weighted by Crippen LogP contribution is -2.03. The second-order valence-electron chi connectivity index (χ2n) is 4.82. The zero-order valence-electron chi connectivity index (χ0n) is 11.8. The fourth-order valence-corrected chi connectivity index (χ4v) is 4.34. The summed E-state index contributed by atoms with van der Waals surface area (Å²) in [6.07, 6.45) is 1.93. The van der Waals surface area contributed by atoms with Crippen LogP contribution in [0.25, 0.3) is 11.6 Å². The molecule has 1 heterocycles. The van der Waals surface area contributed by atoms with Crippen LogP contribution in [0.5, 0.6) is 0 Å². The SMILES string of the molecule is CCSc1ccc(/C=C2\C(=O)Nc3c(Br)cc(Br)cc32)cc1. The second kappa shape index (κ2) is 6.60. The molecule has 2 aromatic rings. The molecule has 5 heteroatoms. The minimum Gasteiger partial charge on any atom is -0.320 e. The summed E-state index contributed by atoms with van der Waals surface area (Å²) in [6.45, 7) is 2.13. The molecule has 1 aliphatic heterocycles. The van der Waals surface area contributed by atoms with Crippen molar-refractivity contribution in [2.75, 3.05) is 11.1 Å². The van der Waals surface area contributed by atoms with E-state index in [1.807, 2.05) is 42.1 Å². The van der Waals surface area contributed by atoms with E-state index < -0.39 is 0 Å². The maximum atomic E-state index is 12.2. The van der Waals surface area contributed by atoms with Crippen LogP contribution >= 0.6 is 43.6 Å². The number of rotatable bonds is 3. The standard InChI is InChI=1S/C17H13Br2NOS/c1-2-22-12-5-3-10(4-6-12)7-14-13-8-11(18)9-15(19)16(13)20-17(14)21/h3-9H,2H2,1H3,(H,20,21)/b14-7-. The highest BCUT2D eigenvalue weighted by Crippen LogP contribution is 2.40. The second-order valence-corrected chi connectivity index (χ2v) is 7.93. The van der Waals surface area contributed by atoms with E-state index in [1.165, 1.54) is 4.90 Å². The monoisotopic (exact) mass is 437 g/mol. The number of hydrogen-bond donors (Lipinski definition) is 1. The van der Waals surface area contributed by atoms with Gasteiger partial charge in [0, 0.05) is 25.0 Å². The highest BCUT2D eigenvalue weighted by atomic mass is 79.9. The predicted octanol–water partition coefficient (Wildman–Crippen LogP) is 5.82. The first kappa shape index (κ1) is 15.8. The number of carbonyl (C=O) groups excluding carboxylic acids is 1. The van der Waals surface area contributed by atoms with Crippen LogP contribution in [-0.4, -0.2) is 11.7 Å². The molecule has 112 valence electrons. The van der Waals surface area contributed by atoms with Crippen molar-refractivity contribution in [3.8, 4) is 0 Å². The number of carbonyl (C=O) groups is 1. The average Bonchev–Trinajstić information content (AvgIpc) is 2.79. The molecule has 0 radical (unpaired) electrons. The minimum absolute atomic E-state index is 0.0687. The van der Waals surface area contributed by atoms with E-state index in [1.54, 1.807) is 0 Å². The Hall–Kier alpha value is -1.04. The molecular weight excluding hydrogens is 426 g/mol. The number of thioether (sulfide) groups is 1. The van der Waals surface area contributed by atoms with Crippen LogP contribution < -0.4 is 5.32 Å². The first-order valence-electron chi connectivity index (χ1n) is 6.84. The first-order chi connectivity index (χ1) is 10.6. The van der Waals surface area contributed by atoms with Gasteiger partial charge in [-0.2, -0.15) is 0 Å². The number of hydrogen-bond acceptors (Lipinski definition) is 2. The van der Waals surface area contributed by atoms with Crippen molar-refractivity contribution < 1.29 is 4.79 Å². The molecule has 0 unspecified atom stereocenters. The molecular formula is C17H13Br2NOS. The van der Waals surface area contributed by atoms with Gasteiger partial charge in [-0.1, -0.05) is 35.0 Å². The molecule has 0 saturated heterocycles. The Kier molecular flexibility index (Phi) is 4.76. The van der Waals surface area contributed by atoms with Crippen molar-refractivity contribution in [1.82, 2.24) is 0 Å². The summed E-state index contributed by atoms with van der Waals surface area (Å²) < 4.78 is 1.82. The van der Waals surface area contributed by atoms with Crippen molar-refractivity contribution in [2.24, 2.45) is 0 Å². The van der Waals surface area contributed by atoms with E-state index in [0.29, 0.717) is 5.57 Å². The molecule has 1 aliphatic rings. The molecule has 0 aromatic heterocycles. The average molecular weight is 439 g/mol. The third-order valence-corrected chi connectivity index (χ3v) is 5.31. The Morgan fingerprint density at radius 3 is 2.59 bits per heavy atom. The topological polar surface area (TPSA) is 29.1 Å². The molecule has 0 spiro atoms. The fourth-order valence-electron chi connectivity index (χ4n) is 2.35. The van der Waals surface area contributed by atoms with Crippen LogP contribution in [0.1, 0.15) is 18.1 Å². The van der Waals surface area contributed by atoms with Crippen molar-refractivity contribution in [1.29, 1.82) is 0 Å². The third-order valence-electron chi connectivity index (χ3n) is 3.33. The molecule has 0 saturated carbocycles. The maximum Gasteiger partial charge on any atom is 0.256 e. The van der Waals surface area contributed by atoms with Gasteiger partial charge >= 0.3 is 0 Å². The van der Waals surface area contributed by atoms with E-state index in [-0.39, 0.29) is 5.91 Å². The normalized spacial score (nSPS) is 15.0. The van der Waals surface area contributed by atoms with E-state index in [0.717, 1.165) is 31.5 Å². The molecule has 2 aromatic carbocycles. The Labute approximate surface area is 150 Å². The first-order valence-corrected chi connectivity index (χ1v) is 9.41. The Morgan fingerprint density at radius 1 is 1.18 bits per heavy atom. The minimum atomic E-state index is -0.0687. The van der Waals surface area contributed by atoms with Crippen LogP contribution in [0, 0.1) is 0 Å². The number of nitrogens with one attached hydrogen (secondary N) is 1. The molecule has 0 aliphatic carbocycles. The van der Waals surface area contributed by atoms with E-state index >= 15 is 0 Å². The highest BCUT2D eigenvalue weighted by Gasteiger charge is 2.26. The summed E-state index contributed by atoms with van der Waals surface area (Å²) in [5, 5.41) is 2.92. The molecule has 2 nitrogen and oxygen atoms in total. The summed E-state index contributed by atoms with van der Waals surface area (Å²) in [5.41, 5.74) is 3.46. The summed E-state index contributed by atoms with van der Waals surface area (Å²) in [5.74, 6) is 0.985. The number of halogens is 2. The number of anilines is 1. The van der Waals surface area contributed by atoms with Crippen LogP contribution in [0.15, 0.2) is 50.2 Å². The lowest BCUT2D eigenvalue weighted by Gasteiger charge is -2.03. The van der Waals surface area contributed by atoms with E-state index in [4.69, 9.17) is 0 Å². The molecule has 1 N–H and O–H groups in total.